The topological polar surface area (TPSA) is 41.6 Å². The molecule has 104 valence electrons. The molecule has 0 spiro atoms. The molecule has 1 aliphatic heterocycles. The maximum absolute atomic E-state index is 11.8. The smallest absolute Gasteiger partial charge is 0.224 e. The molecule has 1 heterocycles. The average molecular weight is 262 g/mol. The summed E-state index contributed by atoms with van der Waals surface area (Å²) in [6, 6.07) is 8.06. The van der Waals surface area contributed by atoms with Crippen LogP contribution < -0.4 is 5.32 Å². The summed E-state index contributed by atoms with van der Waals surface area (Å²) in [5, 5.41) is 2.95. The number of hydrogen-bond acceptors (Lipinski definition) is 3. The zero-order chi connectivity index (χ0) is 13.7. The highest BCUT2D eigenvalue weighted by molar-refractivity contribution is 5.78. The molecule has 1 aromatic rings. The quantitative estimate of drug-likeness (QED) is 0.879. The third kappa shape index (κ3) is 4.65. The van der Waals surface area contributed by atoms with Crippen LogP contribution in [-0.2, 0) is 16.0 Å². The summed E-state index contributed by atoms with van der Waals surface area (Å²) in [6.45, 7) is 5.23. The minimum Gasteiger partial charge on any atom is -0.374 e. The van der Waals surface area contributed by atoms with Crippen molar-refractivity contribution in [3.8, 4) is 0 Å². The number of morpholine rings is 1. The Hall–Kier alpha value is -1.39. The summed E-state index contributed by atoms with van der Waals surface area (Å²) in [5.41, 5.74) is 2.26. The summed E-state index contributed by atoms with van der Waals surface area (Å²) in [5.74, 6) is 0.0562. The molecule has 1 N–H and O–H groups in total. The van der Waals surface area contributed by atoms with Crippen LogP contribution in [0.5, 0.6) is 0 Å². The molecular weight excluding hydrogens is 240 g/mol. The molecule has 1 aliphatic rings. The van der Waals surface area contributed by atoms with Crippen molar-refractivity contribution >= 4 is 5.91 Å². The molecule has 1 saturated heterocycles. The lowest BCUT2D eigenvalue weighted by molar-refractivity contribution is -0.121. The normalized spacial score (nSPS) is 20.2. The molecule has 0 bridgehead atoms. The molecule has 0 saturated carbocycles. The molecule has 1 amide bonds. The number of amides is 1. The molecule has 0 aliphatic carbocycles. The van der Waals surface area contributed by atoms with Crippen LogP contribution in [0, 0.1) is 6.92 Å². The van der Waals surface area contributed by atoms with Gasteiger partial charge in [0.05, 0.1) is 19.1 Å². The molecule has 2 rings (SSSR count). The van der Waals surface area contributed by atoms with Crippen LogP contribution in [-0.4, -0.2) is 50.2 Å². The summed E-state index contributed by atoms with van der Waals surface area (Å²) < 4.78 is 5.61. The van der Waals surface area contributed by atoms with Crippen LogP contribution in [0.25, 0.3) is 0 Å². The van der Waals surface area contributed by atoms with E-state index in [9.17, 15) is 4.79 Å². The SMILES string of the molecule is Cc1ccc(CC(=O)NCC2CN(C)CCO2)cc1. The van der Waals surface area contributed by atoms with Crippen LogP contribution in [0.2, 0.25) is 0 Å². The minimum atomic E-state index is 0.0562. The summed E-state index contributed by atoms with van der Waals surface area (Å²) in [7, 11) is 2.07. The lowest BCUT2D eigenvalue weighted by Crippen LogP contribution is -2.46. The Balaban J connectivity index is 1.73. The van der Waals surface area contributed by atoms with E-state index < -0.39 is 0 Å². The second kappa shape index (κ2) is 6.68. The Labute approximate surface area is 114 Å². The molecule has 0 aromatic heterocycles. The van der Waals surface area contributed by atoms with Gasteiger partial charge in [0.1, 0.15) is 0 Å². The van der Waals surface area contributed by atoms with Crippen molar-refractivity contribution < 1.29 is 9.53 Å². The molecule has 19 heavy (non-hydrogen) atoms. The van der Waals surface area contributed by atoms with Crippen LogP contribution in [0.15, 0.2) is 24.3 Å². The van der Waals surface area contributed by atoms with Gasteiger partial charge in [-0.2, -0.15) is 0 Å². The molecule has 1 atom stereocenters. The second-order valence-electron chi connectivity index (χ2n) is 5.22. The second-order valence-corrected chi connectivity index (χ2v) is 5.22. The Morgan fingerprint density at radius 1 is 1.42 bits per heavy atom. The predicted octanol–water partition coefficient (Wildman–Crippen LogP) is 0.984. The fourth-order valence-electron chi connectivity index (χ4n) is 2.17. The highest BCUT2D eigenvalue weighted by Gasteiger charge is 2.18. The summed E-state index contributed by atoms with van der Waals surface area (Å²) in [4.78, 5) is 14.1. The minimum absolute atomic E-state index is 0.0562. The van der Waals surface area contributed by atoms with E-state index in [2.05, 4.69) is 17.3 Å². The van der Waals surface area contributed by atoms with Gasteiger partial charge in [0, 0.05) is 19.6 Å². The van der Waals surface area contributed by atoms with Gasteiger partial charge in [0.25, 0.3) is 0 Å². The highest BCUT2D eigenvalue weighted by Crippen LogP contribution is 2.04. The molecule has 4 heteroatoms. The van der Waals surface area contributed by atoms with Crippen LogP contribution in [0.4, 0.5) is 0 Å². The number of hydrogen-bond donors (Lipinski definition) is 1. The van der Waals surface area contributed by atoms with Crippen LogP contribution in [0.3, 0.4) is 0 Å². The molecule has 4 nitrogen and oxygen atoms in total. The first-order valence-corrected chi connectivity index (χ1v) is 6.76. The Kier molecular flexibility index (Phi) is 4.93. The predicted molar refractivity (Wildman–Crippen MR) is 75.1 cm³/mol. The van der Waals surface area contributed by atoms with Gasteiger partial charge >= 0.3 is 0 Å². The van der Waals surface area contributed by atoms with Gasteiger partial charge in [-0.05, 0) is 19.5 Å². The number of benzene rings is 1. The number of carbonyl (C=O) groups excluding carboxylic acids is 1. The van der Waals surface area contributed by atoms with Gasteiger partial charge in [-0.1, -0.05) is 29.8 Å². The molecule has 0 radical (unpaired) electrons. The van der Waals surface area contributed by atoms with Gasteiger partial charge in [0.2, 0.25) is 5.91 Å². The fourth-order valence-corrected chi connectivity index (χ4v) is 2.17. The number of rotatable bonds is 4. The zero-order valence-corrected chi connectivity index (χ0v) is 11.7. The third-order valence-corrected chi connectivity index (χ3v) is 3.35. The van der Waals surface area contributed by atoms with Crippen molar-refractivity contribution in [1.29, 1.82) is 0 Å². The van der Waals surface area contributed by atoms with E-state index in [1.54, 1.807) is 0 Å². The first-order valence-electron chi connectivity index (χ1n) is 6.76. The van der Waals surface area contributed by atoms with Gasteiger partial charge < -0.3 is 15.0 Å². The van der Waals surface area contributed by atoms with Gasteiger partial charge in [-0.25, -0.2) is 0 Å². The number of carbonyl (C=O) groups is 1. The van der Waals surface area contributed by atoms with E-state index in [0.29, 0.717) is 13.0 Å². The first kappa shape index (κ1) is 14.0. The largest absolute Gasteiger partial charge is 0.374 e. The maximum Gasteiger partial charge on any atom is 0.224 e. The number of nitrogens with one attached hydrogen (secondary N) is 1. The van der Waals surface area contributed by atoms with Gasteiger partial charge in [-0.15, -0.1) is 0 Å². The summed E-state index contributed by atoms with van der Waals surface area (Å²) in [6.07, 6.45) is 0.545. The van der Waals surface area contributed by atoms with Crippen molar-refractivity contribution in [2.24, 2.45) is 0 Å². The Morgan fingerprint density at radius 3 is 2.84 bits per heavy atom. The average Bonchev–Trinajstić information content (AvgIpc) is 2.39. The monoisotopic (exact) mass is 262 g/mol. The molecular formula is C15H22N2O2. The Bertz CT molecular complexity index is 417. The highest BCUT2D eigenvalue weighted by atomic mass is 16.5. The number of nitrogens with zero attached hydrogens (tertiary/aromatic N) is 1. The van der Waals surface area contributed by atoms with E-state index in [0.717, 1.165) is 25.3 Å². The van der Waals surface area contributed by atoms with Crippen molar-refractivity contribution in [2.75, 3.05) is 33.3 Å². The van der Waals surface area contributed by atoms with Gasteiger partial charge in [0.15, 0.2) is 0 Å². The van der Waals surface area contributed by atoms with Crippen LogP contribution >= 0.6 is 0 Å². The van der Waals surface area contributed by atoms with E-state index in [1.165, 1.54) is 5.56 Å². The number of likely N-dealkylation sites (N-methyl/N-ethyl adjacent to an activating group) is 1. The van der Waals surface area contributed by atoms with E-state index in [-0.39, 0.29) is 12.0 Å². The lowest BCUT2D eigenvalue weighted by Gasteiger charge is -2.30. The van der Waals surface area contributed by atoms with Crippen LogP contribution in [0.1, 0.15) is 11.1 Å². The van der Waals surface area contributed by atoms with Crippen molar-refractivity contribution in [3.05, 3.63) is 35.4 Å². The Morgan fingerprint density at radius 2 is 2.16 bits per heavy atom. The van der Waals surface area contributed by atoms with Crippen molar-refractivity contribution in [3.63, 3.8) is 0 Å². The van der Waals surface area contributed by atoms with Gasteiger partial charge in [-0.3, -0.25) is 4.79 Å². The lowest BCUT2D eigenvalue weighted by atomic mass is 10.1. The zero-order valence-electron chi connectivity index (χ0n) is 11.7. The number of aryl methyl sites for hydroxylation is 1. The van der Waals surface area contributed by atoms with E-state index >= 15 is 0 Å². The summed E-state index contributed by atoms with van der Waals surface area (Å²) >= 11 is 0. The fraction of sp³-hybridized carbons (Fsp3) is 0.533. The number of ether oxygens (including phenoxy) is 1. The standard InChI is InChI=1S/C15H22N2O2/c1-12-3-5-13(6-4-12)9-15(18)16-10-14-11-17(2)7-8-19-14/h3-6,14H,7-11H2,1-2H3,(H,16,18). The third-order valence-electron chi connectivity index (χ3n) is 3.35. The van der Waals surface area contributed by atoms with E-state index in [4.69, 9.17) is 4.74 Å². The molecule has 1 fully saturated rings. The first-order chi connectivity index (χ1) is 9.13. The molecule has 1 aromatic carbocycles. The van der Waals surface area contributed by atoms with Crippen molar-refractivity contribution in [2.45, 2.75) is 19.4 Å². The van der Waals surface area contributed by atoms with Crippen molar-refractivity contribution in [1.82, 2.24) is 10.2 Å². The molecule has 1 unspecified atom stereocenters. The van der Waals surface area contributed by atoms with E-state index in [1.807, 2.05) is 31.2 Å². The maximum atomic E-state index is 11.8.